The van der Waals surface area contributed by atoms with Crippen molar-refractivity contribution in [1.82, 2.24) is 5.32 Å². The van der Waals surface area contributed by atoms with Gasteiger partial charge in [-0.1, -0.05) is 62.4 Å². The van der Waals surface area contributed by atoms with Gasteiger partial charge in [0, 0.05) is 17.9 Å². The van der Waals surface area contributed by atoms with Crippen molar-refractivity contribution in [2.24, 2.45) is 5.92 Å². The summed E-state index contributed by atoms with van der Waals surface area (Å²) in [5, 5.41) is 23.6. The molecule has 0 bridgehead atoms. The fourth-order valence-electron chi connectivity index (χ4n) is 6.34. The summed E-state index contributed by atoms with van der Waals surface area (Å²) in [6.07, 6.45) is 8.91. The third-order valence-corrected chi connectivity index (χ3v) is 9.83. The van der Waals surface area contributed by atoms with Crippen LogP contribution in [0.3, 0.4) is 0 Å². The molecule has 0 amide bonds. The Labute approximate surface area is 227 Å². The van der Waals surface area contributed by atoms with Gasteiger partial charge in [0.05, 0.1) is 5.60 Å². The van der Waals surface area contributed by atoms with Gasteiger partial charge in [0.15, 0.2) is 0 Å². The maximum Gasteiger partial charge on any atom is 0.303 e. The Balaban J connectivity index is 1.58. The average Bonchev–Trinajstić information content (AvgIpc) is 3.32. The van der Waals surface area contributed by atoms with Crippen LogP contribution in [0, 0.1) is 19.8 Å². The molecule has 2 aromatic carbocycles. The zero-order valence-corrected chi connectivity index (χ0v) is 23.7. The Hall–Kier alpha value is -2.08. The van der Waals surface area contributed by atoms with Crippen LogP contribution in [0.25, 0.3) is 6.08 Å². The van der Waals surface area contributed by atoms with Crippen molar-refractivity contribution in [2.75, 3.05) is 18.1 Å². The van der Waals surface area contributed by atoms with Crippen molar-refractivity contribution in [3.05, 3.63) is 75.9 Å². The largest absolute Gasteiger partial charge is 0.481 e. The molecule has 0 saturated carbocycles. The number of aliphatic hydroxyl groups is 1. The molecule has 2 atom stereocenters. The Morgan fingerprint density at radius 1 is 1.08 bits per heavy atom. The molecule has 5 heteroatoms. The summed E-state index contributed by atoms with van der Waals surface area (Å²) in [7, 11) is 0. The van der Waals surface area contributed by atoms with E-state index in [1.807, 2.05) is 17.8 Å². The molecule has 0 spiro atoms. The first-order valence-electron chi connectivity index (χ1n) is 13.9. The molecule has 2 heterocycles. The van der Waals surface area contributed by atoms with Crippen LogP contribution in [0.5, 0.6) is 0 Å². The first kappa shape index (κ1) is 27.9. The summed E-state index contributed by atoms with van der Waals surface area (Å²) < 4.78 is 0. The predicted molar refractivity (Wildman–Crippen MR) is 155 cm³/mol. The molecule has 2 fully saturated rings. The SMILES string of the molecule is CCC(CC)(c1ccc(/C=C/C2(O)CCSCC2)c(C)c1)c1ccc(C2CC(CC(=O)O)CN2)c(C)c1. The van der Waals surface area contributed by atoms with Crippen LogP contribution in [0.15, 0.2) is 42.5 Å². The van der Waals surface area contributed by atoms with Crippen LogP contribution in [0.2, 0.25) is 0 Å². The maximum atomic E-state index is 11.1. The highest BCUT2D eigenvalue weighted by Crippen LogP contribution is 2.41. The Morgan fingerprint density at radius 3 is 2.32 bits per heavy atom. The smallest absolute Gasteiger partial charge is 0.303 e. The molecule has 3 N–H and O–H groups in total. The van der Waals surface area contributed by atoms with Crippen molar-refractivity contribution in [3.63, 3.8) is 0 Å². The first-order chi connectivity index (χ1) is 17.7. The van der Waals surface area contributed by atoms with Crippen LogP contribution in [-0.4, -0.2) is 39.8 Å². The molecular weight excluding hydrogens is 478 g/mol. The fraction of sp³-hybridized carbons (Fsp3) is 0.531. The quantitative estimate of drug-likeness (QED) is 0.338. The van der Waals surface area contributed by atoms with E-state index in [1.165, 1.54) is 33.4 Å². The second kappa shape index (κ2) is 11.8. The number of carboxylic acid groups (broad SMARTS) is 1. The van der Waals surface area contributed by atoms with Crippen molar-refractivity contribution in [3.8, 4) is 0 Å². The average molecular weight is 522 g/mol. The molecule has 2 aromatic rings. The van der Waals surface area contributed by atoms with E-state index in [9.17, 15) is 9.90 Å². The molecular formula is C32H43NO3S. The van der Waals surface area contributed by atoms with E-state index >= 15 is 0 Å². The minimum Gasteiger partial charge on any atom is -0.481 e. The number of carboxylic acids is 1. The first-order valence-corrected chi connectivity index (χ1v) is 15.0. The van der Waals surface area contributed by atoms with E-state index in [1.54, 1.807) is 0 Å². The summed E-state index contributed by atoms with van der Waals surface area (Å²) >= 11 is 1.92. The molecule has 37 heavy (non-hydrogen) atoms. The number of nitrogens with one attached hydrogen (secondary N) is 1. The lowest BCUT2D eigenvalue weighted by Crippen LogP contribution is -2.30. The van der Waals surface area contributed by atoms with Gasteiger partial charge in [0.1, 0.15) is 0 Å². The standard InChI is InChI=1S/C32H43NO3S/c1-5-32(6-2,26-8-7-25(22(3)17-26)11-12-31(36)13-15-37-16-14-31)27-9-10-28(23(4)18-27)29-19-24(21-33-29)20-30(34)35/h7-12,17-18,24,29,33,36H,5-6,13-16,19-21H2,1-4H3,(H,34,35)/b12-11+. The van der Waals surface area contributed by atoms with Crippen LogP contribution >= 0.6 is 11.8 Å². The van der Waals surface area contributed by atoms with Gasteiger partial charge in [-0.05, 0) is 103 Å². The lowest BCUT2D eigenvalue weighted by molar-refractivity contribution is -0.137. The lowest BCUT2D eigenvalue weighted by Gasteiger charge is -2.34. The topological polar surface area (TPSA) is 69.6 Å². The third kappa shape index (κ3) is 6.16. The predicted octanol–water partition coefficient (Wildman–Crippen LogP) is 6.81. The normalized spacial score (nSPS) is 22.0. The van der Waals surface area contributed by atoms with E-state index in [2.05, 4.69) is 75.5 Å². The van der Waals surface area contributed by atoms with Gasteiger partial charge < -0.3 is 15.5 Å². The molecule has 0 aromatic heterocycles. The zero-order chi connectivity index (χ0) is 26.6. The molecule has 2 aliphatic heterocycles. The van der Waals surface area contributed by atoms with E-state index in [0.29, 0.717) is 0 Å². The van der Waals surface area contributed by atoms with Gasteiger partial charge in [0.2, 0.25) is 0 Å². The Kier molecular flexibility index (Phi) is 8.88. The number of aryl methyl sites for hydroxylation is 2. The van der Waals surface area contributed by atoms with E-state index in [4.69, 9.17) is 5.11 Å². The second-order valence-electron chi connectivity index (χ2n) is 11.1. The van der Waals surface area contributed by atoms with Gasteiger partial charge in [-0.15, -0.1) is 0 Å². The maximum absolute atomic E-state index is 11.1. The van der Waals surface area contributed by atoms with Crippen molar-refractivity contribution >= 4 is 23.8 Å². The summed E-state index contributed by atoms with van der Waals surface area (Å²) in [6, 6.07) is 14.0. The number of benzene rings is 2. The van der Waals surface area contributed by atoms with E-state index in [0.717, 1.165) is 50.2 Å². The number of hydrogen-bond acceptors (Lipinski definition) is 4. The van der Waals surface area contributed by atoms with Crippen LogP contribution in [-0.2, 0) is 10.2 Å². The Bertz CT molecular complexity index is 1130. The van der Waals surface area contributed by atoms with Gasteiger partial charge in [-0.2, -0.15) is 11.8 Å². The minimum absolute atomic E-state index is 0.0654. The molecule has 0 aliphatic carbocycles. The molecule has 4 rings (SSSR count). The number of rotatable bonds is 9. The summed E-state index contributed by atoms with van der Waals surface area (Å²) in [6.45, 7) is 9.69. The van der Waals surface area contributed by atoms with Crippen LogP contribution in [0.4, 0.5) is 0 Å². The number of hydrogen-bond donors (Lipinski definition) is 3. The lowest BCUT2D eigenvalue weighted by atomic mass is 9.69. The van der Waals surface area contributed by atoms with Crippen LogP contribution in [0.1, 0.15) is 91.8 Å². The highest BCUT2D eigenvalue weighted by molar-refractivity contribution is 7.99. The Morgan fingerprint density at radius 2 is 1.73 bits per heavy atom. The highest BCUT2D eigenvalue weighted by Gasteiger charge is 2.33. The fourth-order valence-corrected chi connectivity index (χ4v) is 7.54. The van der Waals surface area contributed by atoms with E-state index < -0.39 is 11.6 Å². The molecule has 2 saturated heterocycles. The van der Waals surface area contributed by atoms with Crippen molar-refractivity contribution < 1.29 is 15.0 Å². The van der Waals surface area contributed by atoms with Crippen molar-refractivity contribution in [2.45, 2.75) is 83.3 Å². The summed E-state index contributed by atoms with van der Waals surface area (Å²) in [5.74, 6) is 1.52. The van der Waals surface area contributed by atoms with Crippen molar-refractivity contribution in [1.29, 1.82) is 0 Å². The second-order valence-corrected chi connectivity index (χ2v) is 12.4. The zero-order valence-electron chi connectivity index (χ0n) is 22.8. The molecule has 2 aliphatic rings. The van der Waals surface area contributed by atoms with Gasteiger partial charge >= 0.3 is 5.97 Å². The number of thioether (sulfide) groups is 1. The van der Waals surface area contributed by atoms with Gasteiger partial charge in [-0.3, -0.25) is 4.79 Å². The molecule has 200 valence electrons. The van der Waals surface area contributed by atoms with Crippen LogP contribution < -0.4 is 5.32 Å². The molecule has 2 unspecified atom stereocenters. The molecule has 4 nitrogen and oxygen atoms in total. The minimum atomic E-state index is -0.712. The number of carbonyl (C=O) groups is 1. The number of aliphatic carboxylic acids is 1. The monoisotopic (exact) mass is 521 g/mol. The van der Waals surface area contributed by atoms with Gasteiger partial charge in [0.25, 0.3) is 0 Å². The summed E-state index contributed by atoms with van der Waals surface area (Å²) in [4.78, 5) is 11.1. The third-order valence-electron chi connectivity index (χ3n) is 8.84. The highest BCUT2D eigenvalue weighted by atomic mass is 32.2. The summed E-state index contributed by atoms with van der Waals surface area (Å²) in [5.41, 5.74) is 6.91. The van der Waals surface area contributed by atoms with Gasteiger partial charge in [-0.25, -0.2) is 0 Å². The van der Waals surface area contributed by atoms with E-state index in [-0.39, 0.29) is 23.8 Å². The molecule has 0 radical (unpaired) electrons.